The molecule has 1 unspecified atom stereocenters. The van der Waals surface area contributed by atoms with E-state index in [0.29, 0.717) is 0 Å². The molecular weight excluding hydrogens is 244 g/mol. The number of halogens is 1. The fourth-order valence-electron chi connectivity index (χ4n) is 1.84. The zero-order valence-corrected chi connectivity index (χ0v) is 11.2. The number of benzene rings is 2. The number of rotatable bonds is 4. The Morgan fingerprint density at radius 1 is 1.17 bits per heavy atom. The largest absolute Gasteiger partial charge is 0.490 e. The van der Waals surface area contributed by atoms with Crippen molar-refractivity contribution in [2.45, 2.75) is 19.4 Å². The first kappa shape index (κ1) is 13.0. The minimum atomic E-state index is 0.110. The van der Waals surface area contributed by atoms with Crippen LogP contribution in [0.2, 0.25) is 5.02 Å². The maximum atomic E-state index is 5.96. The molecule has 0 bridgehead atoms. The van der Waals surface area contributed by atoms with E-state index in [1.807, 2.05) is 42.5 Å². The third-order valence-electron chi connectivity index (χ3n) is 2.67. The molecule has 0 aliphatic carbocycles. The van der Waals surface area contributed by atoms with Crippen molar-refractivity contribution in [3.63, 3.8) is 0 Å². The highest BCUT2D eigenvalue weighted by molar-refractivity contribution is 6.30. The minimum Gasteiger partial charge on any atom is -0.490 e. The van der Waals surface area contributed by atoms with E-state index in [0.717, 1.165) is 22.8 Å². The number of hydrogen-bond acceptors (Lipinski definition) is 1. The summed E-state index contributed by atoms with van der Waals surface area (Å²) in [7, 11) is 0. The highest BCUT2D eigenvalue weighted by Crippen LogP contribution is 2.17. The molecule has 0 N–H and O–H groups in total. The van der Waals surface area contributed by atoms with Gasteiger partial charge in [-0.2, -0.15) is 0 Å². The molecule has 0 fully saturated rings. The summed E-state index contributed by atoms with van der Waals surface area (Å²) in [6, 6.07) is 15.6. The molecule has 0 aliphatic rings. The van der Waals surface area contributed by atoms with Crippen molar-refractivity contribution >= 4 is 11.6 Å². The van der Waals surface area contributed by atoms with Crippen LogP contribution in [0.25, 0.3) is 0 Å². The highest BCUT2D eigenvalue weighted by Gasteiger charge is 2.05. The van der Waals surface area contributed by atoms with Gasteiger partial charge in [0.2, 0.25) is 0 Å². The van der Waals surface area contributed by atoms with Gasteiger partial charge in [0.1, 0.15) is 5.75 Å². The predicted octanol–water partition coefficient (Wildman–Crippen LogP) is 4.53. The summed E-state index contributed by atoms with van der Waals surface area (Å²) in [4.78, 5) is 0. The fraction of sp³-hybridized carbons (Fsp3) is 0.188. The average molecular weight is 260 g/mol. The van der Waals surface area contributed by atoms with Crippen LogP contribution in [-0.4, -0.2) is 6.10 Å². The summed E-state index contributed by atoms with van der Waals surface area (Å²) in [5.74, 6) is 0.872. The lowest BCUT2D eigenvalue weighted by Crippen LogP contribution is -2.14. The van der Waals surface area contributed by atoms with Gasteiger partial charge in [0.05, 0.1) is 6.10 Å². The fourth-order valence-corrected chi connectivity index (χ4v) is 2.05. The van der Waals surface area contributed by atoms with E-state index in [-0.39, 0.29) is 6.10 Å². The highest BCUT2D eigenvalue weighted by atomic mass is 35.5. The van der Waals surface area contributed by atoms with Crippen LogP contribution in [0.5, 0.6) is 5.75 Å². The molecule has 2 heteroatoms. The van der Waals surface area contributed by atoms with Crippen LogP contribution in [0.4, 0.5) is 0 Å². The van der Waals surface area contributed by atoms with Gasteiger partial charge in [-0.15, -0.1) is 0 Å². The van der Waals surface area contributed by atoms with Crippen molar-refractivity contribution in [1.82, 2.24) is 0 Å². The van der Waals surface area contributed by atoms with Crippen molar-refractivity contribution in [2.24, 2.45) is 0 Å². The van der Waals surface area contributed by atoms with Gasteiger partial charge in [0, 0.05) is 11.4 Å². The van der Waals surface area contributed by atoms with E-state index in [1.54, 1.807) is 0 Å². The van der Waals surface area contributed by atoms with Crippen molar-refractivity contribution < 1.29 is 4.74 Å². The predicted molar refractivity (Wildman–Crippen MR) is 76.1 cm³/mol. The molecule has 93 valence electrons. The van der Waals surface area contributed by atoms with Crippen molar-refractivity contribution in [3.05, 3.63) is 71.6 Å². The Morgan fingerprint density at radius 2 is 1.89 bits per heavy atom. The lowest BCUT2D eigenvalue weighted by atomic mass is 10.1. The molecular formula is C16H16ClO. The third-order valence-corrected chi connectivity index (χ3v) is 2.91. The van der Waals surface area contributed by atoms with E-state index in [1.165, 1.54) is 5.56 Å². The summed E-state index contributed by atoms with van der Waals surface area (Å²) < 4.78 is 5.84. The summed E-state index contributed by atoms with van der Waals surface area (Å²) in [5, 5.41) is 0.765. The maximum absolute atomic E-state index is 5.96. The van der Waals surface area contributed by atoms with Crippen LogP contribution in [0.1, 0.15) is 18.1 Å². The van der Waals surface area contributed by atoms with Crippen LogP contribution in [0, 0.1) is 6.92 Å². The maximum Gasteiger partial charge on any atom is 0.119 e. The first-order valence-electron chi connectivity index (χ1n) is 5.96. The second kappa shape index (κ2) is 5.92. The summed E-state index contributed by atoms with van der Waals surface area (Å²) in [6.07, 6.45) is 0.950. The van der Waals surface area contributed by atoms with E-state index >= 15 is 0 Å². The molecule has 0 saturated heterocycles. The van der Waals surface area contributed by atoms with Crippen LogP contribution >= 0.6 is 11.6 Å². The van der Waals surface area contributed by atoms with Crippen molar-refractivity contribution in [2.75, 3.05) is 0 Å². The van der Waals surface area contributed by atoms with Gasteiger partial charge in [-0.25, -0.2) is 0 Å². The molecule has 0 aromatic heterocycles. The molecule has 0 aliphatic heterocycles. The van der Waals surface area contributed by atoms with E-state index in [9.17, 15) is 0 Å². The summed E-state index contributed by atoms with van der Waals surface area (Å²) >= 11 is 5.96. The number of ether oxygens (including phenoxy) is 1. The normalized spacial score (nSPS) is 12.2. The van der Waals surface area contributed by atoms with Gasteiger partial charge in [0.15, 0.2) is 0 Å². The molecule has 0 amide bonds. The van der Waals surface area contributed by atoms with E-state index in [2.05, 4.69) is 19.9 Å². The first-order valence-corrected chi connectivity index (χ1v) is 6.34. The SMILES string of the molecule is [CH2]c1ccc(OC(C)Cc2cccc(Cl)c2)cc1. The molecule has 18 heavy (non-hydrogen) atoms. The monoisotopic (exact) mass is 259 g/mol. The smallest absolute Gasteiger partial charge is 0.119 e. The average Bonchev–Trinajstić information content (AvgIpc) is 2.32. The lowest BCUT2D eigenvalue weighted by Gasteiger charge is -2.15. The van der Waals surface area contributed by atoms with E-state index < -0.39 is 0 Å². The van der Waals surface area contributed by atoms with E-state index in [4.69, 9.17) is 16.3 Å². The van der Waals surface area contributed by atoms with Gasteiger partial charge in [-0.05, 0) is 49.2 Å². The third kappa shape index (κ3) is 3.78. The molecule has 0 spiro atoms. The van der Waals surface area contributed by atoms with Gasteiger partial charge < -0.3 is 4.74 Å². The van der Waals surface area contributed by atoms with Crippen LogP contribution in [-0.2, 0) is 6.42 Å². The van der Waals surface area contributed by atoms with Crippen LogP contribution in [0.3, 0.4) is 0 Å². The molecule has 2 aromatic carbocycles. The molecule has 0 saturated carbocycles. The minimum absolute atomic E-state index is 0.110. The van der Waals surface area contributed by atoms with Crippen molar-refractivity contribution in [3.8, 4) is 5.75 Å². The first-order chi connectivity index (χ1) is 8.63. The Labute approximate surface area is 113 Å². The van der Waals surface area contributed by atoms with Gasteiger partial charge in [0.25, 0.3) is 0 Å². The second-order valence-corrected chi connectivity index (χ2v) is 4.84. The Balaban J connectivity index is 1.96. The lowest BCUT2D eigenvalue weighted by molar-refractivity contribution is 0.222. The Bertz CT molecular complexity index is 505. The topological polar surface area (TPSA) is 9.23 Å². The van der Waals surface area contributed by atoms with Crippen LogP contribution < -0.4 is 4.74 Å². The molecule has 0 heterocycles. The van der Waals surface area contributed by atoms with Crippen LogP contribution in [0.15, 0.2) is 48.5 Å². The molecule has 2 rings (SSSR count). The standard InChI is InChI=1S/C16H16ClO/c1-12-6-8-16(9-7-12)18-13(2)10-14-4-3-5-15(17)11-14/h3-9,11,13H,1,10H2,2H3. The quantitative estimate of drug-likeness (QED) is 0.784. The molecule has 1 atom stereocenters. The Kier molecular flexibility index (Phi) is 4.27. The van der Waals surface area contributed by atoms with Crippen molar-refractivity contribution in [1.29, 1.82) is 0 Å². The van der Waals surface area contributed by atoms with Gasteiger partial charge in [-0.3, -0.25) is 0 Å². The zero-order valence-electron chi connectivity index (χ0n) is 10.4. The Hall–Kier alpha value is -1.47. The molecule has 1 radical (unpaired) electrons. The molecule has 1 nitrogen and oxygen atoms in total. The molecule has 2 aromatic rings. The van der Waals surface area contributed by atoms with Gasteiger partial charge >= 0.3 is 0 Å². The number of hydrogen-bond donors (Lipinski definition) is 0. The zero-order chi connectivity index (χ0) is 13.0. The second-order valence-electron chi connectivity index (χ2n) is 4.41. The summed E-state index contributed by atoms with van der Waals surface area (Å²) in [6.45, 7) is 5.90. The Morgan fingerprint density at radius 3 is 2.56 bits per heavy atom. The van der Waals surface area contributed by atoms with Gasteiger partial charge in [-0.1, -0.05) is 35.9 Å². The summed E-state index contributed by atoms with van der Waals surface area (Å²) in [5.41, 5.74) is 2.17.